The third-order valence-electron chi connectivity index (χ3n) is 13.0. The van der Waals surface area contributed by atoms with Gasteiger partial charge in [-0.15, -0.1) is 0 Å². The van der Waals surface area contributed by atoms with Gasteiger partial charge in [0, 0.05) is 95.3 Å². The van der Waals surface area contributed by atoms with Crippen LogP contribution >= 0.6 is 46.4 Å². The van der Waals surface area contributed by atoms with Crippen LogP contribution in [0.25, 0.3) is 0 Å². The van der Waals surface area contributed by atoms with Crippen LogP contribution in [0.3, 0.4) is 0 Å². The van der Waals surface area contributed by atoms with E-state index in [0.29, 0.717) is 70.9 Å². The minimum Gasteiger partial charge on any atom is -0.378 e. The number of sulfonamides is 2. The second kappa shape index (κ2) is 32.3. The first-order valence-corrected chi connectivity index (χ1v) is 30.9. The van der Waals surface area contributed by atoms with E-state index < -0.39 is 32.1 Å². The van der Waals surface area contributed by atoms with Crippen LogP contribution in [0.15, 0.2) is 111 Å². The standard InChI is InChI=1S/C56H68Cl4N8O12S2/c1-67-35-49(47-31-41(57)33-53(59)51(47)37-67)39-5-3-7-45(29-39)81(71,72)63-15-19-77-23-27-79-25-21-75-17-13-61-55(69)65-43-9-11-44(12-10-43)66-56(70)62-14-18-76-22-26-80-28-24-78-20-16-64-82(73,74)46-8-4-6-40(30-46)50-36-68(2)38-52-48(50)32-42(58)34-54(52)60/h3-12,15,29-34,49-50,64H,13-14,16-28,35-38H2,1-2H3,(H2,61,65,69)(H2,62,66,70). The van der Waals surface area contributed by atoms with Crippen molar-refractivity contribution in [1.82, 2.24) is 25.2 Å². The van der Waals surface area contributed by atoms with Crippen LogP contribution < -0.4 is 26.0 Å². The first-order chi connectivity index (χ1) is 39.5. The SMILES string of the molecule is CN1Cc2c(Cl)cc(Cl)cc2C(c2cccc(S(=O)(=O)N=CCOCCOCCOCCNC(=O)Nc3ccc(NC(=O)NCCOCCOCCOCCNS(=O)(=O)c4cccc(C5CN(C)Cc6c(Cl)cc(Cl)cc65)c4)cc3)c2)C1. The third kappa shape index (κ3) is 20.1. The van der Waals surface area contributed by atoms with Gasteiger partial charge in [0.05, 0.1) is 89.1 Å². The smallest absolute Gasteiger partial charge is 0.319 e. The maximum absolute atomic E-state index is 13.2. The van der Waals surface area contributed by atoms with Crippen LogP contribution in [-0.2, 0) is 61.6 Å². The second-order valence-corrected chi connectivity index (χ2v) is 24.3. The summed E-state index contributed by atoms with van der Waals surface area (Å²) in [5, 5.41) is 13.1. The van der Waals surface area contributed by atoms with E-state index in [1.54, 1.807) is 66.7 Å². The van der Waals surface area contributed by atoms with E-state index in [1.165, 1.54) is 12.3 Å². The number of carbonyl (C=O) groups is 2. The zero-order valence-electron chi connectivity index (χ0n) is 45.5. The molecule has 5 N–H and O–H groups in total. The van der Waals surface area contributed by atoms with Gasteiger partial charge in [0.2, 0.25) is 10.0 Å². The number of nitrogens with one attached hydrogen (secondary N) is 5. The highest BCUT2D eigenvalue weighted by molar-refractivity contribution is 7.90. The molecule has 2 heterocycles. The fraction of sp³-hybridized carbons (Fsp3) is 0.411. The van der Waals surface area contributed by atoms with E-state index in [0.717, 1.165) is 33.4 Å². The maximum atomic E-state index is 13.2. The lowest BCUT2D eigenvalue weighted by atomic mass is 9.85. The van der Waals surface area contributed by atoms with Gasteiger partial charge < -0.3 is 59.5 Å². The number of ether oxygens (including phenoxy) is 6. The number of nitrogens with zero attached hydrogens (tertiary/aromatic N) is 3. The summed E-state index contributed by atoms with van der Waals surface area (Å²) in [6, 6.07) is 26.6. The molecule has 82 heavy (non-hydrogen) atoms. The second-order valence-electron chi connectivity index (χ2n) is 19.2. The van der Waals surface area contributed by atoms with Crippen LogP contribution in [0.2, 0.25) is 20.1 Å². The van der Waals surface area contributed by atoms with E-state index in [1.807, 2.05) is 38.4 Å². The van der Waals surface area contributed by atoms with E-state index in [2.05, 4.69) is 40.2 Å². The number of carbonyl (C=O) groups excluding carboxylic acids is 2. The summed E-state index contributed by atoms with van der Waals surface area (Å²) in [4.78, 5) is 29.3. The van der Waals surface area contributed by atoms with Crippen LogP contribution in [0.1, 0.15) is 45.2 Å². The average molecular weight is 1250 g/mol. The summed E-state index contributed by atoms with van der Waals surface area (Å²) < 4.78 is 91.9. The molecule has 5 aromatic rings. The molecule has 444 valence electrons. The Kier molecular flexibility index (Phi) is 25.5. The molecule has 0 spiro atoms. The van der Waals surface area contributed by atoms with Crippen molar-refractivity contribution in [3.8, 4) is 0 Å². The summed E-state index contributed by atoms with van der Waals surface area (Å²) in [5.74, 6) is -0.215. The number of amides is 4. The molecule has 26 heteroatoms. The highest BCUT2D eigenvalue weighted by atomic mass is 35.5. The number of fused-ring (bicyclic) bond motifs is 2. The molecule has 0 saturated carbocycles. The highest BCUT2D eigenvalue weighted by Gasteiger charge is 2.30. The van der Waals surface area contributed by atoms with Crippen LogP contribution in [-0.4, -0.2) is 171 Å². The Morgan fingerprint density at radius 2 is 0.963 bits per heavy atom. The van der Waals surface area contributed by atoms with Gasteiger partial charge in [0.15, 0.2) is 0 Å². The quantitative estimate of drug-likeness (QED) is 0.0208. The Labute approximate surface area is 499 Å². The number of urea groups is 2. The minimum atomic E-state index is -3.97. The van der Waals surface area contributed by atoms with Crippen LogP contribution in [0.4, 0.5) is 21.0 Å². The molecule has 2 unspecified atom stereocenters. The highest BCUT2D eigenvalue weighted by Crippen LogP contribution is 2.40. The van der Waals surface area contributed by atoms with Gasteiger partial charge in [-0.1, -0.05) is 70.7 Å². The van der Waals surface area contributed by atoms with Crippen molar-refractivity contribution in [3.05, 3.63) is 151 Å². The van der Waals surface area contributed by atoms with Gasteiger partial charge in [0.25, 0.3) is 10.0 Å². The summed E-state index contributed by atoms with van der Waals surface area (Å²) in [7, 11) is -3.78. The van der Waals surface area contributed by atoms with Crippen molar-refractivity contribution in [1.29, 1.82) is 0 Å². The molecular formula is C56H68Cl4N8O12S2. The van der Waals surface area contributed by atoms with Gasteiger partial charge in [0.1, 0.15) is 0 Å². The first kappa shape index (κ1) is 64.6. The van der Waals surface area contributed by atoms with Crippen molar-refractivity contribution in [2.24, 2.45) is 4.40 Å². The summed E-state index contributed by atoms with van der Waals surface area (Å²) in [6.45, 7) is 6.15. The largest absolute Gasteiger partial charge is 0.378 e. The number of likely N-dealkylation sites (N-methyl/N-ethyl adjacent to an activating group) is 2. The summed E-state index contributed by atoms with van der Waals surface area (Å²) in [6.07, 6.45) is 1.21. The summed E-state index contributed by atoms with van der Waals surface area (Å²) >= 11 is 25.7. The molecule has 4 amide bonds. The first-order valence-electron chi connectivity index (χ1n) is 26.4. The molecule has 0 radical (unpaired) electrons. The Morgan fingerprint density at radius 3 is 1.44 bits per heavy atom. The van der Waals surface area contributed by atoms with Gasteiger partial charge in [-0.25, -0.2) is 22.7 Å². The molecule has 0 aromatic heterocycles. The van der Waals surface area contributed by atoms with E-state index in [4.69, 9.17) is 74.8 Å². The van der Waals surface area contributed by atoms with E-state index >= 15 is 0 Å². The molecule has 0 fully saturated rings. The fourth-order valence-electron chi connectivity index (χ4n) is 9.15. The Morgan fingerprint density at radius 1 is 0.549 bits per heavy atom. The van der Waals surface area contributed by atoms with Gasteiger partial charge in [-0.3, -0.25) is 0 Å². The van der Waals surface area contributed by atoms with Gasteiger partial charge in [-0.05, 0) is 120 Å². The third-order valence-corrected chi connectivity index (χ3v) is 16.9. The summed E-state index contributed by atoms with van der Waals surface area (Å²) in [5.41, 5.74) is 6.64. The fourth-order valence-corrected chi connectivity index (χ4v) is 12.3. The Hall–Kier alpha value is -4.99. The molecular weight excluding hydrogens is 1180 g/mol. The Balaban J connectivity index is 0.644. The lowest BCUT2D eigenvalue weighted by Gasteiger charge is -2.33. The number of halogens is 4. The van der Waals surface area contributed by atoms with Crippen LogP contribution in [0, 0.1) is 0 Å². The van der Waals surface area contributed by atoms with Crippen molar-refractivity contribution in [3.63, 3.8) is 0 Å². The van der Waals surface area contributed by atoms with Gasteiger partial charge in [-0.2, -0.15) is 12.8 Å². The normalized spacial score (nSPS) is 15.7. The number of hydrogen-bond acceptors (Lipinski definition) is 14. The molecule has 0 bridgehead atoms. The molecule has 2 aliphatic heterocycles. The molecule has 20 nitrogen and oxygen atoms in total. The number of benzene rings is 5. The van der Waals surface area contributed by atoms with E-state index in [9.17, 15) is 26.4 Å². The molecule has 0 aliphatic carbocycles. The predicted molar refractivity (Wildman–Crippen MR) is 318 cm³/mol. The molecule has 0 saturated heterocycles. The zero-order valence-corrected chi connectivity index (χ0v) is 50.1. The average Bonchev–Trinajstić information content (AvgIpc) is 3.58. The monoisotopic (exact) mass is 1250 g/mol. The van der Waals surface area contributed by atoms with E-state index in [-0.39, 0.29) is 107 Å². The Bertz CT molecular complexity index is 3190. The molecule has 5 aromatic carbocycles. The molecule has 7 rings (SSSR count). The van der Waals surface area contributed by atoms with Crippen LogP contribution in [0.5, 0.6) is 0 Å². The van der Waals surface area contributed by atoms with Crippen molar-refractivity contribution >= 4 is 96.1 Å². The number of hydrogen-bond donors (Lipinski definition) is 5. The number of anilines is 2. The zero-order chi connectivity index (χ0) is 58.5. The van der Waals surface area contributed by atoms with Crippen molar-refractivity contribution < 1.29 is 54.8 Å². The maximum Gasteiger partial charge on any atom is 0.319 e. The van der Waals surface area contributed by atoms with Crippen molar-refractivity contribution in [2.75, 3.05) is 137 Å². The minimum absolute atomic E-state index is 0.0231. The lowest BCUT2D eigenvalue weighted by Crippen LogP contribution is -2.32. The predicted octanol–water partition coefficient (Wildman–Crippen LogP) is 8.24. The molecule has 2 aliphatic rings. The topological polar surface area (TPSA) is 237 Å². The van der Waals surface area contributed by atoms with Crippen molar-refractivity contribution in [2.45, 2.75) is 34.7 Å². The lowest BCUT2D eigenvalue weighted by molar-refractivity contribution is 0.0165. The van der Waals surface area contributed by atoms with Gasteiger partial charge >= 0.3 is 12.1 Å². The molecule has 2 atom stereocenters. The number of rotatable bonds is 31.